The number of alkyl halides is 3. The van der Waals surface area contributed by atoms with Crippen molar-refractivity contribution in [3.8, 4) is 11.8 Å². The van der Waals surface area contributed by atoms with E-state index in [0.717, 1.165) is 18.2 Å². The maximum atomic E-state index is 13.5. The molecule has 0 aliphatic carbocycles. The largest absolute Gasteiger partial charge is 0.496 e. The summed E-state index contributed by atoms with van der Waals surface area (Å²) in [6.45, 7) is 0. The lowest BCUT2D eigenvalue weighted by atomic mass is 10.0. The molecule has 3 aromatic carbocycles. The highest BCUT2D eigenvalue weighted by molar-refractivity contribution is 6.31. The van der Waals surface area contributed by atoms with E-state index >= 15 is 0 Å². The van der Waals surface area contributed by atoms with Crippen LogP contribution in [-0.4, -0.2) is 13.0 Å². The Kier molecular flexibility index (Phi) is 7.59. The van der Waals surface area contributed by atoms with E-state index in [1.54, 1.807) is 24.3 Å². The van der Waals surface area contributed by atoms with Gasteiger partial charge in [0.15, 0.2) is 0 Å². The predicted octanol–water partition coefficient (Wildman–Crippen LogP) is 6.64. The number of anilines is 1. The third-order valence-corrected chi connectivity index (χ3v) is 5.13. The van der Waals surface area contributed by atoms with E-state index in [0.29, 0.717) is 22.4 Å². The van der Waals surface area contributed by atoms with E-state index in [4.69, 9.17) is 16.3 Å². The van der Waals surface area contributed by atoms with Gasteiger partial charge in [0.1, 0.15) is 23.2 Å². The number of halogens is 5. The quantitative estimate of drug-likeness (QED) is 0.240. The van der Waals surface area contributed by atoms with Crippen molar-refractivity contribution < 1.29 is 27.1 Å². The van der Waals surface area contributed by atoms with Crippen LogP contribution in [0.15, 0.2) is 66.2 Å². The van der Waals surface area contributed by atoms with Crippen LogP contribution in [0.5, 0.6) is 5.75 Å². The van der Waals surface area contributed by atoms with Crippen LogP contribution in [0, 0.1) is 17.1 Å². The molecule has 3 rings (SSSR count). The molecule has 4 nitrogen and oxygen atoms in total. The Labute approximate surface area is 198 Å². The van der Waals surface area contributed by atoms with Crippen LogP contribution >= 0.6 is 11.6 Å². The standard InChI is InChI=1S/C25H17ClF4N2O2/c1-34-23-12-16(11-22(26)21(23)10-15-4-2-6-19(27)9-15)8-17(14-31)24(33)32-20-7-3-5-18(13-20)25(28,29)30/h2-9,11-13H,10H2,1H3,(H,32,33)/b17-8+. The first kappa shape index (κ1) is 24.8. The van der Waals surface area contributed by atoms with Crippen molar-refractivity contribution in [3.05, 3.63) is 99.3 Å². The minimum absolute atomic E-state index is 0.109. The maximum Gasteiger partial charge on any atom is 0.416 e. The molecule has 1 amide bonds. The Bertz CT molecular complexity index is 1300. The molecule has 174 valence electrons. The van der Waals surface area contributed by atoms with Crippen LogP contribution < -0.4 is 10.1 Å². The van der Waals surface area contributed by atoms with E-state index in [2.05, 4.69) is 5.32 Å². The van der Waals surface area contributed by atoms with Gasteiger partial charge in [-0.25, -0.2) is 4.39 Å². The van der Waals surface area contributed by atoms with Crippen LogP contribution in [0.2, 0.25) is 5.02 Å². The summed E-state index contributed by atoms with van der Waals surface area (Å²) in [6.07, 6.45) is -3.05. The first-order chi connectivity index (χ1) is 16.1. The summed E-state index contributed by atoms with van der Waals surface area (Å²) in [5.74, 6) is -0.920. The van der Waals surface area contributed by atoms with Gasteiger partial charge < -0.3 is 10.1 Å². The number of carbonyl (C=O) groups is 1. The molecule has 0 fully saturated rings. The molecule has 0 aliphatic rings. The van der Waals surface area contributed by atoms with Crippen molar-refractivity contribution >= 4 is 29.3 Å². The highest BCUT2D eigenvalue weighted by atomic mass is 35.5. The molecule has 1 N–H and O–H groups in total. The first-order valence-electron chi connectivity index (χ1n) is 9.82. The number of amides is 1. The van der Waals surface area contributed by atoms with Crippen molar-refractivity contribution in [2.45, 2.75) is 12.6 Å². The molecular formula is C25H17ClF4N2O2. The second kappa shape index (κ2) is 10.4. The zero-order valence-electron chi connectivity index (χ0n) is 17.7. The summed E-state index contributed by atoms with van der Waals surface area (Å²) in [5.41, 5.74) is 0.217. The van der Waals surface area contributed by atoms with Gasteiger partial charge in [0, 0.05) is 22.7 Å². The average molecular weight is 489 g/mol. The second-order valence-corrected chi connectivity index (χ2v) is 7.60. The number of ether oxygens (including phenoxy) is 1. The highest BCUT2D eigenvalue weighted by Crippen LogP contribution is 2.33. The minimum Gasteiger partial charge on any atom is -0.496 e. The number of nitrogens with zero attached hydrogens (tertiary/aromatic N) is 1. The summed E-state index contributed by atoms with van der Waals surface area (Å²) >= 11 is 6.41. The average Bonchev–Trinajstić information content (AvgIpc) is 2.78. The fourth-order valence-corrected chi connectivity index (χ4v) is 3.49. The summed E-state index contributed by atoms with van der Waals surface area (Å²) in [5, 5.41) is 12.0. The smallest absolute Gasteiger partial charge is 0.416 e. The molecule has 0 unspecified atom stereocenters. The van der Waals surface area contributed by atoms with E-state index in [-0.39, 0.29) is 22.7 Å². The lowest BCUT2D eigenvalue weighted by molar-refractivity contribution is -0.137. The second-order valence-electron chi connectivity index (χ2n) is 7.19. The molecular weight excluding hydrogens is 472 g/mol. The van der Waals surface area contributed by atoms with Gasteiger partial charge in [-0.1, -0.05) is 29.8 Å². The number of carbonyl (C=O) groups excluding carboxylic acids is 1. The summed E-state index contributed by atoms with van der Waals surface area (Å²) < 4.78 is 57.6. The Morgan fingerprint density at radius 2 is 1.88 bits per heavy atom. The molecule has 0 heterocycles. The van der Waals surface area contributed by atoms with Crippen LogP contribution in [-0.2, 0) is 17.4 Å². The monoisotopic (exact) mass is 488 g/mol. The minimum atomic E-state index is -4.57. The molecule has 0 saturated carbocycles. The zero-order valence-corrected chi connectivity index (χ0v) is 18.5. The normalized spacial score (nSPS) is 11.6. The fourth-order valence-electron chi connectivity index (χ4n) is 3.21. The molecule has 0 saturated heterocycles. The van der Waals surface area contributed by atoms with Gasteiger partial charge in [-0.2, -0.15) is 18.4 Å². The highest BCUT2D eigenvalue weighted by Gasteiger charge is 2.30. The summed E-state index contributed by atoms with van der Waals surface area (Å²) in [7, 11) is 1.42. The zero-order chi connectivity index (χ0) is 24.9. The number of nitriles is 1. The number of methoxy groups -OCH3 is 1. The van der Waals surface area contributed by atoms with Gasteiger partial charge in [-0.3, -0.25) is 4.79 Å². The van der Waals surface area contributed by atoms with Crippen molar-refractivity contribution in [2.24, 2.45) is 0 Å². The molecule has 0 aliphatic heterocycles. The van der Waals surface area contributed by atoms with Gasteiger partial charge in [0.2, 0.25) is 0 Å². The number of nitrogens with one attached hydrogen (secondary N) is 1. The van der Waals surface area contributed by atoms with E-state index < -0.39 is 23.5 Å². The Balaban J connectivity index is 1.87. The van der Waals surface area contributed by atoms with Crippen molar-refractivity contribution in [3.63, 3.8) is 0 Å². The Morgan fingerprint density at radius 3 is 2.53 bits per heavy atom. The van der Waals surface area contributed by atoms with Gasteiger partial charge in [-0.05, 0) is 59.7 Å². The van der Waals surface area contributed by atoms with Crippen molar-refractivity contribution in [1.82, 2.24) is 0 Å². The fraction of sp³-hybridized carbons (Fsp3) is 0.120. The van der Waals surface area contributed by atoms with Gasteiger partial charge >= 0.3 is 6.18 Å². The predicted molar refractivity (Wildman–Crippen MR) is 121 cm³/mol. The van der Waals surface area contributed by atoms with Gasteiger partial charge in [0.05, 0.1) is 12.7 Å². The molecule has 0 bridgehead atoms. The van der Waals surface area contributed by atoms with Gasteiger partial charge in [-0.15, -0.1) is 0 Å². The van der Waals surface area contributed by atoms with Gasteiger partial charge in [0.25, 0.3) is 5.91 Å². The lowest BCUT2D eigenvalue weighted by Crippen LogP contribution is -2.14. The van der Waals surface area contributed by atoms with E-state index in [1.165, 1.54) is 37.5 Å². The Hall–Kier alpha value is -3.83. The third-order valence-electron chi connectivity index (χ3n) is 4.79. The number of benzene rings is 3. The third kappa shape index (κ3) is 6.15. The maximum absolute atomic E-state index is 13.5. The van der Waals surface area contributed by atoms with E-state index in [1.807, 2.05) is 0 Å². The van der Waals surface area contributed by atoms with Crippen LogP contribution in [0.3, 0.4) is 0 Å². The van der Waals surface area contributed by atoms with Crippen LogP contribution in [0.25, 0.3) is 6.08 Å². The molecule has 3 aromatic rings. The summed E-state index contributed by atoms with van der Waals surface area (Å²) in [6, 6.07) is 14.9. The molecule has 0 spiro atoms. The molecule has 0 radical (unpaired) electrons. The van der Waals surface area contributed by atoms with Crippen molar-refractivity contribution in [1.29, 1.82) is 5.26 Å². The lowest BCUT2D eigenvalue weighted by Gasteiger charge is -2.13. The summed E-state index contributed by atoms with van der Waals surface area (Å²) in [4.78, 5) is 12.5. The van der Waals surface area contributed by atoms with E-state index in [9.17, 15) is 27.6 Å². The molecule has 0 atom stereocenters. The molecule has 9 heteroatoms. The first-order valence-corrected chi connectivity index (χ1v) is 10.2. The SMILES string of the molecule is COc1cc(/C=C(\C#N)C(=O)Nc2cccc(C(F)(F)F)c2)cc(Cl)c1Cc1cccc(F)c1. The van der Waals surface area contributed by atoms with Crippen LogP contribution in [0.1, 0.15) is 22.3 Å². The van der Waals surface area contributed by atoms with Crippen LogP contribution in [0.4, 0.5) is 23.2 Å². The topological polar surface area (TPSA) is 62.1 Å². The molecule has 0 aromatic heterocycles. The molecule has 34 heavy (non-hydrogen) atoms. The Morgan fingerprint density at radius 1 is 1.15 bits per heavy atom. The number of hydrogen-bond donors (Lipinski definition) is 1. The number of hydrogen-bond acceptors (Lipinski definition) is 3. The van der Waals surface area contributed by atoms with Crippen molar-refractivity contribution in [2.75, 3.05) is 12.4 Å². The number of rotatable bonds is 6.